The van der Waals surface area contributed by atoms with Gasteiger partial charge in [-0.05, 0) is 55.9 Å². The highest BCUT2D eigenvalue weighted by molar-refractivity contribution is 5.88. The quantitative estimate of drug-likeness (QED) is 0.682. The Balaban J connectivity index is 2.03. The van der Waals surface area contributed by atoms with Gasteiger partial charge in [-0.15, -0.1) is 0 Å². The fraction of sp³-hybridized carbons (Fsp3) is 0.353. The van der Waals surface area contributed by atoms with E-state index < -0.39 is 0 Å². The summed E-state index contributed by atoms with van der Waals surface area (Å²) in [7, 11) is 0. The Kier molecular flexibility index (Phi) is 2.34. The van der Waals surface area contributed by atoms with Crippen LogP contribution in [0.2, 0.25) is 0 Å². The normalized spacial score (nSPS) is 20.8. The molecule has 0 N–H and O–H groups in total. The Morgan fingerprint density at radius 3 is 2.90 bits per heavy atom. The second-order valence-corrected chi connectivity index (χ2v) is 5.74. The molecule has 4 rings (SSSR count). The molecule has 1 fully saturated rings. The summed E-state index contributed by atoms with van der Waals surface area (Å²) in [6.07, 6.45) is 3.63. The SMILES string of the molecule is CC1=C2CCCC2Oc2cc3oc(=O)cc(C)c3cc21. The molecule has 0 radical (unpaired) electrons. The molecule has 0 bridgehead atoms. The summed E-state index contributed by atoms with van der Waals surface area (Å²) >= 11 is 0. The Hall–Kier alpha value is -2.03. The van der Waals surface area contributed by atoms with Gasteiger partial charge in [0.1, 0.15) is 17.4 Å². The van der Waals surface area contributed by atoms with Crippen LogP contribution in [0.4, 0.5) is 0 Å². The Morgan fingerprint density at radius 1 is 1.20 bits per heavy atom. The van der Waals surface area contributed by atoms with Gasteiger partial charge < -0.3 is 9.15 Å². The Labute approximate surface area is 116 Å². The molecule has 2 aromatic rings. The largest absolute Gasteiger partial charge is 0.485 e. The standard InChI is InChI=1S/C17H16O3/c1-9-6-17(18)20-15-8-16-13(7-12(9)15)10(2)11-4-3-5-14(11)19-16/h6-8,14H,3-5H2,1-2H3. The van der Waals surface area contributed by atoms with Gasteiger partial charge in [-0.3, -0.25) is 0 Å². The zero-order valence-electron chi connectivity index (χ0n) is 11.7. The molecule has 1 aliphatic carbocycles. The number of fused-ring (bicyclic) bond motifs is 3. The van der Waals surface area contributed by atoms with Gasteiger partial charge >= 0.3 is 5.63 Å². The first kappa shape index (κ1) is 11.8. The molecule has 3 nitrogen and oxygen atoms in total. The molecule has 1 atom stereocenters. The van der Waals surface area contributed by atoms with Crippen molar-refractivity contribution in [1.29, 1.82) is 0 Å². The second kappa shape index (κ2) is 3.98. The Morgan fingerprint density at radius 2 is 2.05 bits per heavy atom. The van der Waals surface area contributed by atoms with Crippen molar-refractivity contribution in [2.75, 3.05) is 0 Å². The zero-order chi connectivity index (χ0) is 13.9. The van der Waals surface area contributed by atoms with E-state index in [2.05, 4.69) is 13.0 Å². The van der Waals surface area contributed by atoms with E-state index in [1.165, 1.54) is 17.6 Å². The number of hydrogen-bond donors (Lipinski definition) is 0. The second-order valence-electron chi connectivity index (χ2n) is 5.74. The van der Waals surface area contributed by atoms with Crippen LogP contribution in [0, 0.1) is 6.92 Å². The van der Waals surface area contributed by atoms with Crippen molar-refractivity contribution in [2.24, 2.45) is 0 Å². The molecule has 0 saturated heterocycles. The van der Waals surface area contributed by atoms with Crippen molar-refractivity contribution >= 4 is 16.5 Å². The summed E-state index contributed by atoms with van der Waals surface area (Å²) in [4.78, 5) is 11.5. The monoisotopic (exact) mass is 268 g/mol. The third-order valence-electron chi connectivity index (χ3n) is 4.51. The smallest absolute Gasteiger partial charge is 0.336 e. The van der Waals surface area contributed by atoms with Gasteiger partial charge in [0.15, 0.2) is 0 Å². The summed E-state index contributed by atoms with van der Waals surface area (Å²) in [5.41, 5.74) is 5.17. The maximum Gasteiger partial charge on any atom is 0.336 e. The molecule has 1 saturated carbocycles. The lowest BCUT2D eigenvalue weighted by atomic mass is 9.94. The van der Waals surface area contributed by atoms with Gasteiger partial charge in [-0.2, -0.15) is 0 Å². The van der Waals surface area contributed by atoms with Gasteiger partial charge in [0.05, 0.1) is 0 Å². The van der Waals surface area contributed by atoms with E-state index >= 15 is 0 Å². The van der Waals surface area contributed by atoms with E-state index in [0.29, 0.717) is 5.58 Å². The summed E-state index contributed by atoms with van der Waals surface area (Å²) in [5.74, 6) is 0.847. The first-order valence-electron chi connectivity index (χ1n) is 7.08. The summed E-state index contributed by atoms with van der Waals surface area (Å²) in [5, 5.41) is 0.989. The minimum Gasteiger partial charge on any atom is -0.485 e. The highest BCUT2D eigenvalue weighted by Crippen LogP contribution is 2.43. The lowest BCUT2D eigenvalue weighted by Gasteiger charge is -2.26. The fourth-order valence-corrected chi connectivity index (χ4v) is 3.44. The maximum absolute atomic E-state index is 11.5. The molecular weight excluding hydrogens is 252 g/mol. The highest BCUT2D eigenvalue weighted by atomic mass is 16.5. The predicted molar refractivity (Wildman–Crippen MR) is 78.1 cm³/mol. The molecule has 1 unspecified atom stereocenters. The molecule has 1 aromatic heterocycles. The molecule has 0 amide bonds. The number of hydrogen-bond acceptors (Lipinski definition) is 3. The van der Waals surface area contributed by atoms with Crippen LogP contribution in [0.1, 0.15) is 37.3 Å². The summed E-state index contributed by atoms with van der Waals surface area (Å²) in [6, 6.07) is 5.51. The first-order valence-corrected chi connectivity index (χ1v) is 7.08. The molecular formula is C17H16O3. The van der Waals surface area contributed by atoms with Crippen LogP contribution in [-0.4, -0.2) is 6.10 Å². The summed E-state index contributed by atoms with van der Waals surface area (Å²) in [6.45, 7) is 4.12. The van der Waals surface area contributed by atoms with Gasteiger partial charge in [0, 0.05) is 23.1 Å². The van der Waals surface area contributed by atoms with Crippen LogP contribution in [-0.2, 0) is 0 Å². The third kappa shape index (κ3) is 1.56. The maximum atomic E-state index is 11.5. The van der Waals surface area contributed by atoms with Crippen LogP contribution in [0.25, 0.3) is 16.5 Å². The average molecular weight is 268 g/mol. The van der Waals surface area contributed by atoms with Crippen molar-refractivity contribution in [3.8, 4) is 5.75 Å². The molecule has 102 valence electrons. The topological polar surface area (TPSA) is 39.4 Å². The number of allylic oxidation sites excluding steroid dienone is 1. The van der Waals surface area contributed by atoms with Crippen molar-refractivity contribution in [3.05, 3.63) is 45.3 Å². The fourth-order valence-electron chi connectivity index (χ4n) is 3.44. The van der Waals surface area contributed by atoms with E-state index in [9.17, 15) is 4.79 Å². The van der Waals surface area contributed by atoms with E-state index in [-0.39, 0.29) is 11.7 Å². The van der Waals surface area contributed by atoms with Crippen LogP contribution in [0.5, 0.6) is 5.75 Å². The van der Waals surface area contributed by atoms with Crippen LogP contribution < -0.4 is 10.4 Å². The van der Waals surface area contributed by atoms with Crippen molar-refractivity contribution < 1.29 is 9.15 Å². The Bertz CT molecular complexity index is 811. The lowest BCUT2D eigenvalue weighted by molar-refractivity contribution is 0.239. The van der Waals surface area contributed by atoms with Gasteiger partial charge in [0.25, 0.3) is 0 Å². The predicted octanol–water partition coefficient (Wildman–Crippen LogP) is 3.82. The van der Waals surface area contributed by atoms with Gasteiger partial charge in [0.2, 0.25) is 0 Å². The molecule has 20 heavy (non-hydrogen) atoms. The van der Waals surface area contributed by atoms with E-state index in [1.54, 1.807) is 6.07 Å². The van der Waals surface area contributed by atoms with Crippen LogP contribution in [0.15, 0.2) is 33.0 Å². The lowest BCUT2D eigenvalue weighted by Crippen LogP contribution is -2.19. The first-order chi connectivity index (χ1) is 9.63. The van der Waals surface area contributed by atoms with Crippen molar-refractivity contribution in [3.63, 3.8) is 0 Å². The number of ether oxygens (including phenoxy) is 1. The van der Waals surface area contributed by atoms with E-state index in [1.807, 2.05) is 13.0 Å². The number of rotatable bonds is 0. The van der Waals surface area contributed by atoms with E-state index in [0.717, 1.165) is 35.1 Å². The van der Waals surface area contributed by atoms with Crippen LogP contribution >= 0.6 is 0 Å². The van der Waals surface area contributed by atoms with Crippen molar-refractivity contribution in [2.45, 2.75) is 39.2 Å². The molecule has 3 heteroatoms. The van der Waals surface area contributed by atoms with Crippen LogP contribution in [0.3, 0.4) is 0 Å². The molecule has 0 spiro atoms. The third-order valence-corrected chi connectivity index (χ3v) is 4.51. The number of aryl methyl sites for hydroxylation is 1. The highest BCUT2D eigenvalue weighted by Gasteiger charge is 2.30. The van der Waals surface area contributed by atoms with Gasteiger partial charge in [-0.25, -0.2) is 4.79 Å². The molecule has 1 aromatic carbocycles. The number of benzene rings is 1. The average Bonchev–Trinajstić information content (AvgIpc) is 2.85. The summed E-state index contributed by atoms with van der Waals surface area (Å²) < 4.78 is 11.4. The zero-order valence-corrected chi connectivity index (χ0v) is 11.7. The minimum absolute atomic E-state index is 0.219. The van der Waals surface area contributed by atoms with Crippen molar-refractivity contribution in [1.82, 2.24) is 0 Å². The molecule has 2 heterocycles. The minimum atomic E-state index is -0.306. The van der Waals surface area contributed by atoms with E-state index in [4.69, 9.17) is 9.15 Å². The van der Waals surface area contributed by atoms with Gasteiger partial charge in [-0.1, -0.05) is 0 Å². The molecule has 1 aliphatic heterocycles. The molecule has 2 aliphatic rings.